The second-order valence-corrected chi connectivity index (χ2v) is 4.33. The van der Waals surface area contributed by atoms with Crippen LogP contribution in [0.1, 0.15) is 51.7 Å². The highest BCUT2D eigenvalue weighted by atomic mass is 16.5. The smallest absolute Gasteiger partial charge is 0.161 e. The predicted molar refractivity (Wildman–Crippen MR) is 73.3 cm³/mol. The summed E-state index contributed by atoms with van der Waals surface area (Å²) in [6.45, 7) is 7.43. The summed E-state index contributed by atoms with van der Waals surface area (Å²) in [4.78, 5) is 0. The average molecular weight is 252 g/mol. The van der Waals surface area contributed by atoms with Gasteiger partial charge in [-0.3, -0.25) is 0 Å². The molecule has 0 amide bonds. The van der Waals surface area contributed by atoms with Crippen LogP contribution in [0, 0.1) is 0 Å². The van der Waals surface area contributed by atoms with E-state index in [0.717, 1.165) is 29.9 Å². The Morgan fingerprint density at radius 1 is 1.00 bits per heavy atom. The summed E-state index contributed by atoms with van der Waals surface area (Å²) in [7, 11) is 0. The molecule has 102 valence electrons. The molecule has 0 aliphatic heterocycles. The molecular formula is C15H24O3. The Morgan fingerprint density at radius 3 is 2.17 bits per heavy atom. The molecule has 18 heavy (non-hydrogen) atoms. The van der Waals surface area contributed by atoms with Crippen molar-refractivity contribution in [2.45, 2.75) is 46.1 Å². The summed E-state index contributed by atoms with van der Waals surface area (Å²) in [5.41, 5.74) is 0.882. The number of hydrogen-bond acceptors (Lipinski definition) is 3. The Bertz CT molecular complexity index is 350. The lowest BCUT2D eigenvalue weighted by Gasteiger charge is -2.15. The molecule has 0 bridgehead atoms. The largest absolute Gasteiger partial charge is 0.490 e. The van der Waals surface area contributed by atoms with Crippen LogP contribution in [0.3, 0.4) is 0 Å². The molecule has 0 radical (unpaired) electrons. The minimum absolute atomic E-state index is 0.436. The molecule has 1 aromatic rings. The van der Waals surface area contributed by atoms with Crippen LogP contribution < -0.4 is 9.47 Å². The number of hydrogen-bond donors (Lipinski definition) is 1. The molecule has 0 saturated carbocycles. The number of ether oxygens (including phenoxy) is 2. The van der Waals surface area contributed by atoms with E-state index in [9.17, 15) is 5.11 Å². The van der Waals surface area contributed by atoms with Crippen LogP contribution in [0.15, 0.2) is 18.2 Å². The SMILES string of the molecule is CCCOc1ccc([C@@H](O)CC)cc1OCCC. The normalized spacial score (nSPS) is 12.2. The lowest BCUT2D eigenvalue weighted by molar-refractivity contribution is 0.172. The third-order valence-electron chi connectivity index (χ3n) is 2.66. The summed E-state index contributed by atoms with van der Waals surface area (Å²) in [5.74, 6) is 1.49. The van der Waals surface area contributed by atoms with E-state index in [0.29, 0.717) is 19.6 Å². The van der Waals surface area contributed by atoms with Crippen LogP contribution in [-0.4, -0.2) is 18.3 Å². The van der Waals surface area contributed by atoms with Gasteiger partial charge in [0.1, 0.15) is 0 Å². The van der Waals surface area contributed by atoms with Crippen molar-refractivity contribution >= 4 is 0 Å². The van der Waals surface area contributed by atoms with Crippen molar-refractivity contribution in [1.29, 1.82) is 0 Å². The zero-order chi connectivity index (χ0) is 13.4. The van der Waals surface area contributed by atoms with Crippen LogP contribution in [0.2, 0.25) is 0 Å². The molecular weight excluding hydrogens is 228 g/mol. The Kier molecular flexibility index (Phi) is 6.58. The molecule has 3 nitrogen and oxygen atoms in total. The highest BCUT2D eigenvalue weighted by Gasteiger charge is 2.11. The van der Waals surface area contributed by atoms with Gasteiger partial charge < -0.3 is 14.6 Å². The summed E-state index contributed by atoms with van der Waals surface area (Å²) >= 11 is 0. The zero-order valence-electron chi connectivity index (χ0n) is 11.6. The van der Waals surface area contributed by atoms with Crippen LogP contribution in [0.5, 0.6) is 11.5 Å². The van der Waals surface area contributed by atoms with Crippen molar-refractivity contribution in [2.24, 2.45) is 0 Å². The summed E-state index contributed by atoms with van der Waals surface area (Å²) in [6, 6.07) is 5.67. The summed E-state index contributed by atoms with van der Waals surface area (Å²) < 4.78 is 11.3. The third kappa shape index (κ3) is 4.22. The van der Waals surface area contributed by atoms with Crippen molar-refractivity contribution in [3.63, 3.8) is 0 Å². The highest BCUT2D eigenvalue weighted by molar-refractivity contribution is 5.43. The molecule has 0 heterocycles. The average Bonchev–Trinajstić information content (AvgIpc) is 2.42. The second-order valence-electron chi connectivity index (χ2n) is 4.33. The molecule has 3 heteroatoms. The van der Waals surface area contributed by atoms with E-state index in [1.54, 1.807) is 0 Å². The van der Waals surface area contributed by atoms with E-state index in [1.807, 2.05) is 25.1 Å². The molecule has 0 aliphatic carbocycles. The standard InChI is InChI=1S/C15H24O3/c1-4-9-17-14-8-7-12(13(16)6-3)11-15(14)18-10-5-2/h7-8,11,13,16H,4-6,9-10H2,1-3H3/t13-/m0/s1. The quantitative estimate of drug-likeness (QED) is 0.766. The fraction of sp³-hybridized carbons (Fsp3) is 0.600. The van der Waals surface area contributed by atoms with Gasteiger partial charge in [-0.2, -0.15) is 0 Å². The number of benzene rings is 1. The van der Waals surface area contributed by atoms with E-state index in [2.05, 4.69) is 13.8 Å². The first-order valence-corrected chi connectivity index (χ1v) is 6.80. The fourth-order valence-corrected chi connectivity index (χ4v) is 1.62. The Morgan fingerprint density at radius 2 is 1.61 bits per heavy atom. The number of rotatable bonds is 8. The molecule has 0 aliphatic rings. The Balaban J connectivity index is 2.88. The van der Waals surface area contributed by atoms with Gasteiger partial charge in [-0.1, -0.05) is 26.8 Å². The van der Waals surface area contributed by atoms with Gasteiger partial charge in [-0.25, -0.2) is 0 Å². The van der Waals surface area contributed by atoms with Gasteiger partial charge in [0.15, 0.2) is 11.5 Å². The van der Waals surface area contributed by atoms with Gasteiger partial charge in [0.25, 0.3) is 0 Å². The van der Waals surface area contributed by atoms with E-state index < -0.39 is 6.10 Å². The van der Waals surface area contributed by atoms with Gasteiger partial charge in [0, 0.05) is 0 Å². The van der Waals surface area contributed by atoms with Crippen LogP contribution >= 0.6 is 0 Å². The van der Waals surface area contributed by atoms with Crippen LogP contribution in [-0.2, 0) is 0 Å². The summed E-state index contributed by atoms with van der Waals surface area (Å²) in [5, 5.41) is 9.85. The molecule has 0 fully saturated rings. The molecule has 0 spiro atoms. The topological polar surface area (TPSA) is 38.7 Å². The monoisotopic (exact) mass is 252 g/mol. The van der Waals surface area contributed by atoms with Gasteiger partial charge in [0.2, 0.25) is 0 Å². The zero-order valence-corrected chi connectivity index (χ0v) is 11.6. The molecule has 0 saturated heterocycles. The summed E-state index contributed by atoms with van der Waals surface area (Å²) in [6.07, 6.45) is 2.18. The first-order valence-electron chi connectivity index (χ1n) is 6.80. The molecule has 1 rings (SSSR count). The fourth-order valence-electron chi connectivity index (χ4n) is 1.62. The van der Waals surface area contributed by atoms with E-state index in [1.165, 1.54) is 0 Å². The minimum Gasteiger partial charge on any atom is -0.490 e. The lowest BCUT2D eigenvalue weighted by Crippen LogP contribution is -2.03. The second kappa shape index (κ2) is 7.98. The third-order valence-corrected chi connectivity index (χ3v) is 2.66. The highest BCUT2D eigenvalue weighted by Crippen LogP contribution is 2.31. The molecule has 0 aromatic heterocycles. The van der Waals surface area contributed by atoms with E-state index >= 15 is 0 Å². The van der Waals surface area contributed by atoms with Gasteiger partial charge in [-0.15, -0.1) is 0 Å². The predicted octanol–water partition coefficient (Wildman–Crippen LogP) is 3.71. The first kappa shape index (κ1) is 14.8. The van der Waals surface area contributed by atoms with Gasteiger partial charge >= 0.3 is 0 Å². The number of aliphatic hydroxyl groups is 1. The lowest BCUT2D eigenvalue weighted by atomic mass is 10.1. The van der Waals surface area contributed by atoms with Gasteiger partial charge in [-0.05, 0) is 37.0 Å². The Hall–Kier alpha value is -1.22. The first-order chi connectivity index (χ1) is 8.72. The molecule has 0 unspecified atom stereocenters. The van der Waals surface area contributed by atoms with Crippen LogP contribution in [0.4, 0.5) is 0 Å². The number of aliphatic hydroxyl groups excluding tert-OH is 1. The Labute approximate surface area is 110 Å². The van der Waals surface area contributed by atoms with Crippen molar-refractivity contribution in [3.05, 3.63) is 23.8 Å². The van der Waals surface area contributed by atoms with Crippen LogP contribution in [0.25, 0.3) is 0 Å². The van der Waals surface area contributed by atoms with Crippen molar-refractivity contribution in [3.8, 4) is 11.5 Å². The molecule has 1 aromatic carbocycles. The van der Waals surface area contributed by atoms with Crippen molar-refractivity contribution < 1.29 is 14.6 Å². The van der Waals surface area contributed by atoms with Gasteiger partial charge in [0.05, 0.1) is 19.3 Å². The minimum atomic E-state index is -0.436. The molecule has 1 N–H and O–H groups in total. The maximum absolute atomic E-state index is 9.85. The van der Waals surface area contributed by atoms with E-state index in [4.69, 9.17) is 9.47 Å². The van der Waals surface area contributed by atoms with E-state index in [-0.39, 0.29) is 0 Å². The maximum atomic E-state index is 9.85. The van der Waals surface area contributed by atoms with Crippen molar-refractivity contribution in [1.82, 2.24) is 0 Å². The maximum Gasteiger partial charge on any atom is 0.161 e. The van der Waals surface area contributed by atoms with Crippen molar-refractivity contribution in [2.75, 3.05) is 13.2 Å². The molecule has 1 atom stereocenters.